The Kier molecular flexibility index (Phi) is 7.55. The summed E-state index contributed by atoms with van der Waals surface area (Å²) >= 11 is 0. The minimum atomic E-state index is 0.410. The first-order valence-corrected chi connectivity index (χ1v) is 9.02. The highest BCUT2D eigenvalue weighted by Gasteiger charge is 2.32. The lowest BCUT2D eigenvalue weighted by atomic mass is 9.71. The van der Waals surface area contributed by atoms with Crippen molar-refractivity contribution in [3.05, 3.63) is 30.1 Å². The zero-order chi connectivity index (χ0) is 16.8. The van der Waals surface area contributed by atoms with E-state index in [2.05, 4.69) is 56.8 Å². The summed E-state index contributed by atoms with van der Waals surface area (Å²) in [5.41, 5.74) is 1.66. The van der Waals surface area contributed by atoms with E-state index in [1.807, 2.05) is 26.1 Å². The first kappa shape index (κ1) is 19.2. The summed E-state index contributed by atoms with van der Waals surface area (Å²) < 4.78 is 0. The Labute approximate surface area is 138 Å². The number of hydrogen-bond donors (Lipinski definition) is 0. The van der Waals surface area contributed by atoms with Crippen molar-refractivity contribution >= 4 is 0 Å². The molecule has 0 radical (unpaired) electrons. The first-order valence-electron chi connectivity index (χ1n) is 9.02. The highest BCUT2D eigenvalue weighted by molar-refractivity contribution is 5.08. The average Bonchev–Trinajstić information content (AvgIpc) is 2.55. The molecule has 2 nitrogen and oxygen atoms in total. The second kappa shape index (κ2) is 8.67. The molecule has 1 heterocycles. The standard InChI is InChI=1S/C18H30N2.C2H6/c1-14(17-8-6-7-13-19-17)20(5)16-11-9-15(10-12-16)18(2,3)4;1-2/h6-8,13-16H,9-12H2,1-5H3;1-2H3. The smallest absolute Gasteiger partial charge is 0.0572 e. The van der Waals surface area contributed by atoms with Gasteiger partial charge in [0.2, 0.25) is 0 Å². The highest BCUT2D eigenvalue weighted by atomic mass is 15.2. The van der Waals surface area contributed by atoms with E-state index in [1.165, 1.54) is 31.4 Å². The van der Waals surface area contributed by atoms with Crippen LogP contribution < -0.4 is 0 Å². The number of rotatable bonds is 3. The Morgan fingerprint density at radius 2 is 1.68 bits per heavy atom. The average molecular weight is 305 g/mol. The molecule has 0 aromatic carbocycles. The summed E-state index contributed by atoms with van der Waals surface area (Å²) in [7, 11) is 2.27. The molecule has 0 amide bonds. The molecule has 2 rings (SSSR count). The van der Waals surface area contributed by atoms with Crippen LogP contribution in [0.4, 0.5) is 0 Å². The Morgan fingerprint density at radius 3 is 2.14 bits per heavy atom. The lowest BCUT2D eigenvalue weighted by molar-refractivity contribution is 0.0892. The molecule has 0 bridgehead atoms. The van der Waals surface area contributed by atoms with Crippen molar-refractivity contribution in [1.29, 1.82) is 0 Å². The summed E-state index contributed by atoms with van der Waals surface area (Å²) in [5, 5.41) is 0. The predicted molar refractivity (Wildman–Crippen MR) is 97.0 cm³/mol. The Bertz CT molecular complexity index is 399. The fraction of sp³-hybridized carbons (Fsp3) is 0.750. The van der Waals surface area contributed by atoms with Gasteiger partial charge in [0, 0.05) is 18.3 Å². The molecule has 126 valence electrons. The van der Waals surface area contributed by atoms with Crippen LogP contribution in [0.2, 0.25) is 0 Å². The van der Waals surface area contributed by atoms with Crippen LogP contribution in [0.3, 0.4) is 0 Å². The summed E-state index contributed by atoms with van der Waals surface area (Å²) in [6.07, 6.45) is 7.29. The van der Waals surface area contributed by atoms with Crippen LogP contribution in [0, 0.1) is 11.3 Å². The van der Waals surface area contributed by atoms with Crippen LogP contribution in [-0.2, 0) is 0 Å². The van der Waals surface area contributed by atoms with E-state index in [9.17, 15) is 0 Å². The Hall–Kier alpha value is -0.890. The second-order valence-corrected chi connectivity index (χ2v) is 7.47. The minimum Gasteiger partial charge on any atom is -0.295 e. The molecule has 1 aromatic heterocycles. The molecule has 0 aliphatic heterocycles. The third-order valence-corrected chi connectivity index (χ3v) is 5.22. The lowest BCUT2D eigenvalue weighted by Crippen LogP contribution is -2.39. The van der Waals surface area contributed by atoms with Crippen molar-refractivity contribution in [2.75, 3.05) is 7.05 Å². The second-order valence-electron chi connectivity index (χ2n) is 7.47. The van der Waals surface area contributed by atoms with E-state index in [1.54, 1.807) is 0 Å². The van der Waals surface area contributed by atoms with Gasteiger partial charge in [0.15, 0.2) is 0 Å². The molecule has 22 heavy (non-hydrogen) atoms. The first-order chi connectivity index (χ1) is 10.4. The molecule has 0 spiro atoms. The molecule has 1 aliphatic rings. The maximum atomic E-state index is 4.51. The van der Waals surface area contributed by atoms with Crippen LogP contribution in [-0.4, -0.2) is 23.0 Å². The van der Waals surface area contributed by atoms with E-state index < -0.39 is 0 Å². The molecule has 0 N–H and O–H groups in total. The van der Waals surface area contributed by atoms with Crippen molar-refractivity contribution in [2.45, 2.75) is 79.3 Å². The van der Waals surface area contributed by atoms with Crippen molar-refractivity contribution in [2.24, 2.45) is 11.3 Å². The molecule has 2 heteroatoms. The topological polar surface area (TPSA) is 16.1 Å². The third-order valence-electron chi connectivity index (χ3n) is 5.22. The van der Waals surface area contributed by atoms with Gasteiger partial charge in [0.05, 0.1) is 5.69 Å². The van der Waals surface area contributed by atoms with Gasteiger partial charge < -0.3 is 0 Å². The fourth-order valence-corrected chi connectivity index (χ4v) is 3.50. The van der Waals surface area contributed by atoms with Crippen LogP contribution in [0.15, 0.2) is 24.4 Å². The molecule has 1 fully saturated rings. The lowest BCUT2D eigenvalue weighted by Gasteiger charge is -2.41. The predicted octanol–water partition coefficient (Wildman–Crippen LogP) is 5.71. The number of aromatic nitrogens is 1. The zero-order valence-corrected chi connectivity index (χ0v) is 15.8. The van der Waals surface area contributed by atoms with E-state index in [0.29, 0.717) is 17.5 Å². The van der Waals surface area contributed by atoms with Gasteiger partial charge in [-0.15, -0.1) is 0 Å². The summed E-state index contributed by atoms with van der Waals surface area (Å²) in [6.45, 7) is 13.4. The summed E-state index contributed by atoms with van der Waals surface area (Å²) in [4.78, 5) is 7.04. The fourth-order valence-electron chi connectivity index (χ4n) is 3.50. The number of nitrogens with zero attached hydrogens (tertiary/aromatic N) is 2. The van der Waals surface area contributed by atoms with E-state index in [4.69, 9.17) is 0 Å². The van der Waals surface area contributed by atoms with Gasteiger partial charge in [-0.2, -0.15) is 0 Å². The van der Waals surface area contributed by atoms with Crippen molar-refractivity contribution in [3.63, 3.8) is 0 Å². The molecule has 0 saturated heterocycles. The normalized spacial score (nSPS) is 23.6. The van der Waals surface area contributed by atoms with Crippen LogP contribution in [0.5, 0.6) is 0 Å². The third kappa shape index (κ3) is 5.08. The maximum Gasteiger partial charge on any atom is 0.0572 e. The monoisotopic (exact) mass is 304 g/mol. The van der Waals surface area contributed by atoms with Gasteiger partial charge in [0.25, 0.3) is 0 Å². The van der Waals surface area contributed by atoms with Gasteiger partial charge in [-0.3, -0.25) is 9.88 Å². The highest BCUT2D eigenvalue weighted by Crippen LogP contribution is 2.39. The number of hydrogen-bond acceptors (Lipinski definition) is 2. The van der Waals surface area contributed by atoms with E-state index in [-0.39, 0.29) is 0 Å². The van der Waals surface area contributed by atoms with Crippen LogP contribution in [0.25, 0.3) is 0 Å². The van der Waals surface area contributed by atoms with E-state index >= 15 is 0 Å². The van der Waals surface area contributed by atoms with E-state index in [0.717, 1.165) is 5.92 Å². The minimum absolute atomic E-state index is 0.410. The molecule has 1 aromatic rings. The molecule has 1 saturated carbocycles. The molecule has 1 unspecified atom stereocenters. The maximum absolute atomic E-state index is 4.51. The summed E-state index contributed by atoms with van der Waals surface area (Å²) in [5.74, 6) is 0.886. The Balaban J connectivity index is 0.00000116. The molecule has 1 aliphatic carbocycles. The molecular formula is C20H36N2. The van der Waals surface area contributed by atoms with Crippen molar-refractivity contribution < 1.29 is 0 Å². The van der Waals surface area contributed by atoms with Gasteiger partial charge in [0.1, 0.15) is 0 Å². The number of pyridine rings is 1. The summed E-state index contributed by atoms with van der Waals surface area (Å²) in [6, 6.07) is 7.34. The van der Waals surface area contributed by atoms with Gasteiger partial charge >= 0.3 is 0 Å². The largest absolute Gasteiger partial charge is 0.295 e. The van der Waals surface area contributed by atoms with Crippen LogP contribution in [0.1, 0.15) is 79.0 Å². The van der Waals surface area contributed by atoms with Gasteiger partial charge in [-0.25, -0.2) is 0 Å². The zero-order valence-electron chi connectivity index (χ0n) is 15.8. The van der Waals surface area contributed by atoms with Crippen molar-refractivity contribution in [1.82, 2.24) is 9.88 Å². The van der Waals surface area contributed by atoms with Gasteiger partial charge in [-0.05, 0) is 63.1 Å². The van der Waals surface area contributed by atoms with Gasteiger partial charge in [-0.1, -0.05) is 40.7 Å². The van der Waals surface area contributed by atoms with Crippen molar-refractivity contribution in [3.8, 4) is 0 Å². The Morgan fingerprint density at radius 1 is 1.09 bits per heavy atom. The molecular weight excluding hydrogens is 268 g/mol. The molecule has 1 atom stereocenters. The quantitative estimate of drug-likeness (QED) is 0.711. The van der Waals surface area contributed by atoms with Crippen LogP contribution >= 0.6 is 0 Å². The SMILES string of the molecule is CC.CC(c1ccccn1)N(C)C1CCC(C(C)(C)C)CC1.